The van der Waals surface area contributed by atoms with Crippen molar-refractivity contribution in [3.63, 3.8) is 0 Å². The Balaban J connectivity index is 4.36. The normalized spacial score (nSPS) is 13.7. The van der Waals surface area contributed by atoms with Crippen LogP contribution < -0.4 is 5.11 Å². The second-order valence-electron chi connectivity index (χ2n) is 17.1. The van der Waals surface area contributed by atoms with E-state index in [1.165, 1.54) is 57.8 Å². The lowest BCUT2D eigenvalue weighted by molar-refractivity contribution is -0.889. The van der Waals surface area contributed by atoms with E-state index in [1.807, 2.05) is 6.08 Å². The van der Waals surface area contributed by atoms with Crippen molar-refractivity contribution in [2.24, 2.45) is 0 Å². The Morgan fingerprint density at radius 1 is 0.525 bits per heavy atom. The number of esters is 2. The van der Waals surface area contributed by atoms with Gasteiger partial charge in [-0.05, 0) is 70.6 Å². The average molecular weight is 852 g/mol. The van der Waals surface area contributed by atoms with Crippen LogP contribution in [-0.4, -0.2) is 75.5 Å². The third kappa shape index (κ3) is 41.6. The number of rotatable bonds is 42. The quantitative estimate of drug-likeness (QED) is 0.0198. The number of ether oxygens (including phenoxy) is 3. The van der Waals surface area contributed by atoms with Crippen molar-refractivity contribution in [3.05, 3.63) is 85.1 Å². The maximum atomic E-state index is 12.8. The summed E-state index contributed by atoms with van der Waals surface area (Å²) in [6, 6.07) is -0.735. The van der Waals surface area contributed by atoms with Crippen LogP contribution in [0.15, 0.2) is 85.1 Å². The second-order valence-corrected chi connectivity index (χ2v) is 17.1. The maximum absolute atomic E-state index is 12.8. The molecule has 0 amide bonds. The number of carbonyl (C=O) groups is 3. The summed E-state index contributed by atoms with van der Waals surface area (Å²) in [5.41, 5.74) is 0. The summed E-state index contributed by atoms with van der Waals surface area (Å²) in [7, 11) is 5.39. The van der Waals surface area contributed by atoms with Crippen LogP contribution in [0.1, 0.15) is 181 Å². The number of carboxylic acids is 1. The van der Waals surface area contributed by atoms with Gasteiger partial charge in [0, 0.05) is 19.3 Å². The molecule has 0 bridgehead atoms. The number of hydrogen-bond donors (Lipinski definition) is 0. The van der Waals surface area contributed by atoms with E-state index in [1.54, 1.807) is 21.1 Å². The number of nitrogens with zero attached hydrogens (tertiary/aromatic N) is 1. The first-order chi connectivity index (χ1) is 29.6. The molecule has 0 aliphatic heterocycles. The van der Waals surface area contributed by atoms with Gasteiger partial charge >= 0.3 is 11.9 Å². The van der Waals surface area contributed by atoms with Gasteiger partial charge < -0.3 is 28.6 Å². The fourth-order valence-electron chi connectivity index (χ4n) is 6.63. The monoisotopic (exact) mass is 852 g/mol. The Labute approximate surface area is 373 Å². The van der Waals surface area contributed by atoms with Gasteiger partial charge in [0.1, 0.15) is 12.6 Å². The number of likely N-dealkylation sites (N-methyl/N-ethyl adjacent to an activating group) is 1. The highest BCUT2D eigenvalue weighted by atomic mass is 16.6. The molecule has 0 aliphatic rings. The fraction of sp³-hybridized carbons (Fsp3) is 0.679. The van der Waals surface area contributed by atoms with E-state index in [0.29, 0.717) is 12.8 Å². The molecule has 0 spiro atoms. The van der Waals surface area contributed by atoms with Crippen LogP contribution in [0.25, 0.3) is 0 Å². The Hall–Kier alpha value is -3.49. The SMILES string of the molecule is CC/C=C/C/C=C/C/C=C/CCCCCCCCCCCC(=O)OC(COCCC(C(=O)[O-])[N+](C)(C)C)COC(=O)CCCCCCC/C=C/C=C/C=C/C=C/CCCCC. The molecule has 0 aromatic carbocycles. The number of allylic oxidation sites excluding steroid dienone is 14. The largest absolute Gasteiger partial charge is 0.544 e. The van der Waals surface area contributed by atoms with E-state index >= 15 is 0 Å². The Kier molecular flexibility index (Phi) is 40.7. The molecule has 0 radical (unpaired) electrons. The van der Waals surface area contributed by atoms with Crippen LogP contribution in [0, 0.1) is 0 Å². The molecule has 0 aliphatic carbocycles. The van der Waals surface area contributed by atoms with Crippen molar-refractivity contribution in [3.8, 4) is 0 Å². The predicted octanol–water partition coefficient (Wildman–Crippen LogP) is 12.4. The minimum Gasteiger partial charge on any atom is -0.544 e. The van der Waals surface area contributed by atoms with Crippen LogP contribution in [0.4, 0.5) is 0 Å². The molecular weight excluding hydrogens is 763 g/mol. The number of unbranched alkanes of at least 4 members (excludes halogenated alkanes) is 17. The van der Waals surface area contributed by atoms with Gasteiger partial charge in [-0.15, -0.1) is 0 Å². The lowest BCUT2D eigenvalue weighted by Crippen LogP contribution is -2.55. The van der Waals surface area contributed by atoms with Gasteiger partial charge in [0.25, 0.3) is 0 Å². The first kappa shape index (κ1) is 57.5. The van der Waals surface area contributed by atoms with E-state index in [9.17, 15) is 19.5 Å². The molecule has 8 nitrogen and oxygen atoms in total. The predicted molar refractivity (Wildman–Crippen MR) is 254 cm³/mol. The summed E-state index contributed by atoms with van der Waals surface area (Å²) in [6.07, 6.45) is 56.0. The van der Waals surface area contributed by atoms with Crippen molar-refractivity contribution >= 4 is 17.9 Å². The highest BCUT2D eigenvalue weighted by Gasteiger charge is 2.25. The van der Waals surface area contributed by atoms with Gasteiger partial charge in [-0.3, -0.25) is 9.59 Å². The summed E-state index contributed by atoms with van der Waals surface area (Å²) < 4.78 is 17.2. The van der Waals surface area contributed by atoms with Gasteiger partial charge in [-0.2, -0.15) is 0 Å². The van der Waals surface area contributed by atoms with E-state index in [0.717, 1.165) is 89.9 Å². The number of carboxylic acid groups (broad SMARTS) is 1. The van der Waals surface area contributed by atoms with Crippen LogP contribution in [0.2, 0.25) is 0 Å². The zero-order valence-electron chi connectivity index (χ0n) is 39.5. The molecule has 0 saturated carbocycles. The van der Waals surface area contributed by atoms with Crippen molar-refractivity contribution in [2.75, 3.05) is 41.0 Å². The number of carbonyl (C=O) groups excluding carboxylic acids is 3. The molecule has 2 atom stereocenters. The van der Waals surface area contributed by atoms with Gasteiger partial charge in [0.15, 0.2) is 6.10 Å². The Bertz CT molecular complexity index is 1270. The standard InChI is InChI=1S/C53H89NO7/c1-6-8-10-12-14-16-18-20-22-24-26-28-30-32-34-36-38-40-42-44-52(56)61-49(47-59-46-45-50(53(57)58)54(3,4)5)48-60-51(55)43-41-39-37-35-33-31-29-27-25-23-21-19-17-15-13-11-9-7-2/h8,10,14-17,19-23,25,27,29,49-50H,6-7,9,11-13,18,24,26,28,30-48H2,1-5H3/b10-8+,16-14+,17-15+,21-19+,22-20+,25-23+,29-27+. The third-order valence-electron chi connectivity index (χ3n) is 10.4. The molecule has 8 heteroatoms. The molecule has 0 saturated heterocycles. The zero-order chi connectivity index (χ0) is 44.9. The molecule has 0 aromatic rings. The van der Waals surface area contributed by atoms with Gasteiger partial charge in [0.2, 0.25) is 0 Å². The number of hydrogen-bond acceptors (Lipinski definition) is 7. The molecule has 0 rings (SSSR count). The molecular formula is C53H89NO7. The molecule has 0 N–H and O–H groups in total. The van der Waals surface area contributed by atoms with E-state index in [4.69, 9.17) is 14.2 Å². The number of aliphatic carboxylic acids is 1. The molecule has 0 aromatic heterocycles. The minimum absolute atomic E-state index is 0.0260. The van der Waals surface area contributed by atoms with Gasteiger partial charge in [-0.25, -0.2) is 0 Å². The summed E-state index contributed by atoms with van der Waals surface area (Å²) in [6.45, 7) is 4.48. The minimum atomic E-state index is -1.13. The van der Waals surface area contributed by atoms with E-state index in [-0.39, 0.29) is 42.7 Å². The average Bonchev–Trinajstić information content (AvgIpc) is 3.22. The van der Waals surface area contributed by atoms with Crippen molar-refractivity contribution in [2.45, 2.75) is 193 Å². The molecule has 0 heterocycles. The molecule has 2 unspecified atom stereocenters. The van der Waals surface area contributed by atoms with Gasteiger partial charge in [-0.1, -0.05) is 176 Å². The third-order valence-corrected chi connectivity index (χ3v) is 10.4. The van der Waals surface area contributed by atoms with Crippen molar-refractivity contribution in [1.82, 2.24) is 0 Å². The summed E-state index contributed by atoms with van der Waals surface area (Å²) in [4.78, 5) is 37.0. The Morgan fingerprint density at radius 3 is 1.51 bits per heavy atom. The van der Waals surface area contributed by atoms with Crippen molar-refractivity contribution < 1.29 is 38.2 Å². The first-order valence-corrected chi connectivity index (χ1v) is 24.2. The molecule has 348 valence electrons. The van der Waals surface area contributed by atoms with E-state index in [2.05, 4.69) is 92.8 Å². The highest BCUT2D eigenvalue weighted by molar-refractivity contribution is 5.70. The first-order valence-electron chi connectivity index (χ1n) is 24.2. The van der Waals surface area contributed by atoms with Crippen LogP contribution in [0.3, 0.4) is 0 Å². The number of quaternary nitrogens is 1. The summed E-state index contributed by atoms with van der Waals surface area (Å²) in [5, 5.41) is 11.7. The molecule has 61 heavy (non-hydrogen) atoms. The smallest absolute Gasteiger partial charge is 0.306 e. The van der Waals surface area contributed by atoms with Crippen LogP contribution in [-0.2, 0) is 28.6 Å². The van der Waals surface area contributed by atoms with Crippen LogP contribution in [0.5, 0.6) is 0 Å². The fourth-order valence-corrected chi connectivity index (χ4v) is 6.63. The molecule has 0 fully saturated rings. The lowest BCUT2D eigenvalue weighted by Gasteiger charge is -2.34. The summed E-state index contributed by atoms with van der Waals surface area (Å²) in [5.74, 6) is -1.78. The zero-order valence-corrected chi connectivity index (χ0v) is 39.5. The van der Waals surface area contributed by atoms with Gasteiger partial charge in [0.05, 0.1) is 40.3 Å². The lowest BCUT2D eigenvalue weighted by atomic mass is 10.1. The van der Waals surface area contributed by atoms with Crippen LogP contribution >= 0.6 is 0 Å². The van der Waals surface area contributed by atoms with E-state index < -0.39 is 18.1 Å². The van der Waals surface area contributed by atoms with Crippen molar-refractivity contribution in [1.29, 1.82) is 0 Å². The summed E-state index contributed by atoms with van der Waals surface area (Å²) >= 11 is 0. The maximum Gasteiger partial charge on any atom is 0.306 e. The topological polar surface area (TPSA) is 102 Å². The second kappa shape index (κ2) is 43.2. The highest BCUT2D eigenvalue weighted by Crippen LogP contribution is 2.14. The Morgan fingerprint density at radius 2 is 0.984 bits per heavy atom.